The first-order valence-electron chi connectivity index (χ1n) is 5.28. The second-order valence-electron chi connectivity index (χ2n) is 3.66. The van der Waals surface area contributed by atoms with Crippen molar-refractivity contribution in [3.8, 4) is 0 Å². The molecule has 4 heteroatoms. The van der Waals surface area contributed by atoms with Gasteiger partial charge in [-0.1, -0.05) is 18.2 Å². The molecule has 0 saturated heterocycles. The lowest BCUT2D eigenvalue weighted by Gasteiger charge is -2.10. The molecule has 0 saturated carbocycles. The molecule has 0 bridgehead atoms. The van der Waals surface area contributed by atoms with E-state index >= 15 is 0 Å². The van der Waals surface area contributed by atoms with Gasteiger partial charge in [0.05, 0.1) is 0 Å². The van der Waals surface area contributed by atoms with Crippen molar-refractivity contribution in [1.82, 2.24) is 5.32 Å². The zero-order valence-electron chi connectivity index (χ0n) is 9.24. The lowest BCUT2D eigenvalue weighted by atomic mass is 10.0. The van der Waals surface area contributed by atoms with Crippen molar-refractivity contribution in [3.63, 3.8) is 0 Å². The van der Waals surface area contributed by atoms with Gasteiger partial charge in [0.25, 0.3) is 0 Å². The standard InChI is InChI=1S/C12H16FNO2/c1-14-11(12(15)16)8-4-6-9-5-2-3-7-10(9)13/h2-3,5,7,11,14H,4,6,8H2,1H3,(H,15,16)/t11-/m0/s1. The van der Waals surface area contributed by atoms with Crippen molar-refractivity contribution >= 4 is 5.97 Å². The van der Waals surface area contributed by atoms with E-state index < -0.39 is 12.0 Å². The van der Waals surface area contributed by atoms with E-state index in [4.69, 9.17) is 5.11 Å². The molecule has 0 heterocycles. The normalized spacial score (nSPS) is 12.4. The van der Waals surface area contributed by atoms with Crippen LogP contribution in [0.5, 0.6) is 0 Å². The predicted octanol–water partition coefficient (Wildman–Crippen LogP) is 1.82. The molecule has 0 radical (unpaired) electrons. The first-order chi connectivity index (χ1) is 7.65. The second kappa shape index (κ2) is 6.23. The monoisotopic (exact) mass is 225 g/mol. The molecule has 16 heavy (non-hydrogen) atoms. The first-order valence-corrected chi connectivity index (χ1v) is 5.28. The molecular weight excluding hydrogens is 209 g/mol. The van der Waals surface area contributed by atoms with E-state index in [-0.39, 0.29) is 5.82 Å². The molecule has 0 aliphatic heterocycles. The molecule has 88 valence electrons. The van der Waals surface area contributed by atoms with Crippen LogP contribution in [0, 0.1) is 5.82 Å². The Kier molecular flexibility index (Phi) is 4.92. The van der Waals surface area contributed by atoms with Crippen molar-refractivity contribution in [2.75, 3.05) is 7.05 Å². The molecule has 0 spiro atoms. The Morgan fingerprint density at radius 3 is 2.75 bits per heavy atom. The zero-order chi connectivity index (χ0) is 12.0. The molecular formula is C12H16FNO2. The van der Waals surface area contributed by atoms with Gasteiger partial charge in [-0.15, -0.1) is 0 Å². The number of aryl methyl sites for hydroxylation is 1. The minimum atomic E-state index is -0.865. The number of benzene rings is 1. The fourth-order valence-electron chi connectivity index (χ4n) is 1.59. The number of halogens is 1. The molecule has 0 unspecified atom stereocenters. The highest BCUT2D eigenvalue weighted by molar-refractivity contribution is 5.73. The Hall–Kier alpha value is -1.42. The number of carboxylic acids is 1. The third kappa shape index (κ3) is 3.62. The Bertz CT molecular complexity index is 355. The van der Waals surface area contributed by atoms with Crippen molar-refractivity contribution < 1.29 is 14.3 Å². The van der Waals surface area contributed by atoms with Crippen LogP contribution in [0.25, 0.3) is 0 Å². The predicted molar refractivity (Wildman–Crippen MR) is 59.8 cm³/mol. The molecule has 1 aromatic carbocycles. The molecule has 3 nitrogen and oxygen atoms in total. The summed E-state index contributed by atoms with van der Waals surface area (Å²) in [4.78, 5) is 10.7. The molecule has 1 rings (SSSR count). The van der Waals surface area contributed by atoms with Crippen LogP contribution in [0.2, 0.25) is 0 Å². The minimum Gasteiger partial charge on any atom is -0.480 e. The molecule has 2 N–H and O–H groups in total. The van der Waals surface area contributed by atoms with E-state index in [1.165, 1.54) is 6.07 Å². The van der Waals surface area contributed by atoms with Crippen LogP contribution in [-0.4, -0.2) is 24.2 Å². The average Bonchev–Trinajstić information content (AvgIpc) is 2.26. The van der Waals surface area contributed by atoms with Crippen LogP contribution in [0.15, 0.2) is 24.3 Å². The lowest BCUT2D eigenvalue weighted by Crippen LogP contribution is -2.33. The van der Waals surface area contributed by atoms with Crippen LogP contribution >= 0.6 is 0 Å². The maximum atomic E-state index is 13.2. The van der Waals surface area contributed by atoms with E-state index in [2.05, 4.69) is 5.32 Å². The number of carboxylic acid groups (broad SMARTS) is 1. The molecule has 0 aliphatic carbocycles. The lowest BCUT2D eigenvalue weighted by molar-refractivity contribution is -0.139. The highest BCUT2D eigenvalue weighted by atomic mass is 19.1. The number of carbonyl (C=O) groups is 1. The zero-order valence-corrected chi connectivity index (χ0v) is 9.24. The summed E-state index contributed by atoms with van der Waals surface area (Å²) < 4.78 is 13.2. The van der Waals surface area contributed by atoms with E-state index in [1.54, 1.807) is 25.2 Å². The summed E-state index contributed by atoms with van der Waals surface area (Å²) in [6.45, 7) is 0. The van der Waals surface area contributed by atoms with E-state index in [0.29, 0.717) is 24.8 Å². The fraction of sp³-hybridized carbons (Fsp3) is 0.417. The van der Waals surface area contributed by atoms with E-state index in [1.807, 2.05) is 0 Å². The molecule has 0 amide bonds. The summed E-state index contributed by atoms with van der Waals surface area (Å²) in [7, 11) is 1.61. The fourth-order valence-corrected chi connectivity index (χ4v) is 1.59. The summed E-state index contributed by atoms with van der Waals surface area (Å²) in [5, 5.41) is 11.5. The van der Waals surface area contributed by atoms with Gasteiger partial charge in [0.15, 0.2) is 0 Å². The highest BCUT2D eigenvalue weighted by Gasteiger charge is 2.14. The Morgan fingerprint density at radius 2 is 2.19 bits per heavy atom. The maximum Gasteiger partial charge on any atom is 0.320 e. The van der Waals surface area contributed by atoms with Crippen molar-refractivity contribution in [2.24, 2.45) is 0 Å². The Labute approximate surface area is 94.3 Å². The molecule has 0 aliphatic rings. The van der Waals surface area contributed by atoms with Crippen molar-refractivity contribution in [1.29, 1.82) is 0 Å². The largest absolute Gasteiger partial charge is 0.480 e. The Morgan fingerprint density at radius 1 is 1.50 bits per heavy atom. The van der Waals surface area contributed by atoms with Gasteiger partial charge in [0, 0.05) is 0 Å². The van der Waals surface area contributed by atoms with Gasteiger partial charge in [-0.05, 0) is 37.9 Å². The number of aliphatic carboxylic acids is 1. The number of hydrogen-bond acceptors (Lipinski definition) is 2. The quantitative estimate of drug-likeness (QED) is 0.776. The van der Waals surface area contributed by atoms with Crippen LogP contribution in [-0.2, 0) is 11.2 Å². The van der Waals surface area contributed by atoms with Gasteiger partial charge in [0.2, 0.25) is 0 Å². The first kappa shape index (κ1) is 12.6. The van der Waals surface area contributed by atoms with Gasteiger partial charge in [-0.25, -0.2) is 4.39 Å². The smallest absolute Gasteiger partial charge is 0.320 e. The number of likely N-dealkylation sites (N-methyl/N-ethyl adjacent to an activating group) is 1. The van der Waals surface area contributed by atoms with Gasteiger partial charge in [0.1, 0.15) is 11.9 Å². The van der Waals surface area contributed by atoms with E-state index in [9.17, 15) is 9.18 Å². The Balaban J connectivity index is 2.41. The third-order valence-corrected chi connectivity index (χ3v) is 2.54. The number of nitrogens with one attached hydrogen (secondary N) is 1. The van der Waals surface area contributed by atoms with Crippen molar-refractivity contribution in [2.45, 2.75) is 25.3 Å². The number of rotatable bonds is 6. The van der Waals surface area contributed by atoms with Crippen LogP contribution in [0.1, 0.15) is 18.4 Å². The maximum absolute atomic E-state index is 13.2. The number of hydrogen-bond donors (Lipinski definition) is 2. The van der Waals surface area contributed by atoms with Crippen LogP contribution in [0.4, 0.5) is 4.39 Å². The SMILES string of the molecule is CN[C@@H](CCCc1ccccc1F)C(=O)O. The molecule has 0 fully saturated rings. The molecule has 1 atom stereocenters. The van der Waals surface area contributed by atoms with Crippen LogP contribution < -0.4 is 5.32 Å². The third-order valence-electron chi connectivity index (χ3n) is 2.54. The summed E-state index contributed by atoms with van der Waals surface area (Å²) in [6, 6.07) is 6.02. The second-order valence-corrected chi connectivity index (χ2v) is 3.66. The van der Waals surface area contributed by atoms with Gasteiger partial charge in [-0.2, -0.15) is 0 Å². The summed E-state index contributed by atoms with van der Waals surface area (Å²) in [5.41, 5.74) is 0.641. The molecule has 1 aromatic rings. The van der Waals surface area contributed by atoms with Crippen molar-refractivity contribution in [3.05, 3.63) is 35.6 Å². The van der Waals surface area contributed by atoms with Gasteiger partial charge < -0.3 is 10.4 Å². The summed E-state index contributed by atoms with van der Waals surface area (Å²) in [6.07, 6.45) is 1.72. The highest BCUT2D eigenvalue weighted by Crippen LogP contribution is 2.11. The minimum absolute atomic E-state index is 0.223. The van der Waals surface area contributed by atoms with E-state index in [0.717, 1.165) is 0 Å². The summed E-state index contributed by atoms with van der Waals surface area (Å²) >= 11 is 0. The summed E-state index contributed by atoms with van der Waals surface area (Å²) in [5.74, 6) is -1.09. The topological polar surface area (TPSA) is 49.3 Å². The van der Waals surface area contributed by atoms with Gasteiger partial charge in [-0.3, -0.25) is 4.79 Å². The van der Waals surface area contributed by atoms with Crippen LogP contribution in [0.3, 0.4) is 0 Å². The van der Waals surface area contributed by atoms with Gasteiger partial charge >= 0.3 is 5.97 Å². The molecule has 0 aromatic heterocycles. The average molecular weight is 225 g/mol.